The number of anilines is 1. The number of halogens is 1. The number of hydrogen-bond donors (Lipinski definition) is 1. The summed E-state index contributed by atoms with van der Waals surface area (Å²) in [6.07, 6.45) is -0.0806. The molecule has 0 heterocycles. The van der Waals surface area contributed by atoms with Gasteiger partial charge in [-0.05, 0) is 37.3 Å². The summed E-state index contributed by atoms with van der Waals surface area (Å²) in [6, 6.07) is 13.8. The Morgan fingerprint density at radius 3 is 2.45 bits per heavy atom. The lowest BCUT2D eigenvalue weighted by Crippen LogP contribution is -2.17. The van der Waals surface area contributed by atoms with Crippen LogP contribution in [0.25, 0.3) is 0 Å². The first kappa shape index (κ1) is 16.7. The molecule has 0 unspecified atom stereocenters. The molecule has 0 aliphatic heterocycles. The zero-order valence-corrected chi connectivity index (χ0v) is 14.4. The highest BCUT2D eigenvalue weighted by atomic mass is 79.9. The third-order valence-corrected chi connectivity index (χ3v) is 5.31. The molecule has 2 aromatic rings. The number of amides is 1. The van der Waals surface area contributed by atoms with Crippen LogP contribution in [0.2, 0.25) is 0 Å². The van der Waals surface area contributed by atoms with Crippen LogP contribution in [0.5, 0.6) is 0 Å². The van der Waals surface area contributed by atoms with Crippen molar-refractivity contribution in [2.24, 2.45) is 0 Å². The van der Waals surface area contributed by atoms with E-state index in [0.29, 0.717) is 5.69 Å². The molecular formula is C16H16BrNO3S. The van der Waals surface area contributed by atoms with E-state index in [9.17, 15) is 13.2 Å². The molecule has 0 aromatic heterocycles. The minimum Gasteiger partial charge on any atom is -0.326 e. The van der Waals surface area contributed by atoms with Gasteiger partial charge in [0.2, 0.25) is 5.91 Å². The van der Waals surface area contributed by atoms with Gasteiger partial charge in [0.25, 0.3) is 0 Å². The summed E-state index contributed by atoms with van der Waals surface area (Å²) < 4.78 is 25.2. The highest BCUT2D eigenvalue weighted by Crippen LogP contribution is 2.17. The summed E-state index contributed by atoms with van der Waals surface area (Å²) in [5.74, 6) is -0.538. The highest BCUT2D eigenvalue weighted by molar-refractivity contribution is 9.10. The molecular weight excluding hydrogens is 366 g/mol. The van der Waals surface area contributed by atoms with Crippen LogP contribution in [-0.4, -0.2) is 20.1 Å². The van der Waals surface area contributed by atoms with Gasteiger partial charge in [-0.3, -0.25) is 4.79 Å². The maximum Gasteiger partial charge on any atom is 0.225 e. The van der Waals surface area contributed by atoms with Crippen LogP contribution in [0, 0.1) is 6.92 Å². The molecule has 0 fully saturated rings. The van der Waals surface area contributed by atoms with Crippen molar-refractivity contribution in [2.45, 2.75) is 18.2 Å². The van der Waals surface area contributed by atoms with E-state index < -0.39 is 9.84 Å². The smallest absolute Gasteiger partial charge is 0.225 e. The fraction of sp³-hybridized carbons (Fsp3) is 0.188. The van der Waals surface area contributed by atoms with Gasteiger partial charge in [-0.1, -0.05) is 39.7 Å². The van der Waals surface area contributed by atoms with Gasteiger partial charge in [-0.2, -0.15) is 0 Å². The SMILES string of the molecule is Cc1ccc(S(=O)(=O)CCC(=O)Nc2cccc(Br)c2)cc1. The second-order valence-corrected chi connectivity index (χ2v) is 7.97. The number of benzene rings is 2. The Hall–Kier alpha value is -1.66. The van der Waals surface area contributed by atoms with Crippen molar-refractivity contribution < 1.29 is 13.2 Å². The van der Waals surface area contributed by atoms with Crippen molar-refractivity contribution in [2.75, 3.05) is 11.1 Å². The standard InChI is InChI=1S/C16H16BrNO3S/c1-12-5-7-15(8-6-12)22(20,21)10-9-16(19)18-14-4-2-3-13(17)11-14/h2-8,11H,9-10H2,1H3,(H,18,19). The van der Waals surface area contributed by atoms with Crippen LogP contribution in [0.3, 0.4) is 0 Å². The Morgan fingerprint density at radius 1 is 1.14 bits per heavy atom. The number of hydrogen-bond acceptors (Lipinski definition) is 3. The Morgan fingerprint density at radius 2 is 1.82 bits per heavy atom. The molecule has 0 spiro atoms. The van der Waals surface area contributed by atoms with E-state index >= 15 is 0 Å². The van der Waals surface area contributed by atoms with Gasteiger partial charge in [-0.15, -0.1) is 0 Å². The third kappa shape index (κ3) is 4.68. The molecule has 0 saturated carbocycles. The van der Waals surface area contributed by atoms with Crippen molar-refractivity contribution in [3.8, 4) is 0 Å². The maximum atomic E-state index is 12.2. The molecule has 22 heavy (non-hydrogen) atoms. The summed E-state index contributed by atoms with van der Waals surface area (Å²) in [4.78, 5) is 12.1. The fourth-order valence-corrected chi connectivity index (χ4v) is 3.52. The third-order valence-electron chi connectivity index (χ3n) is 3.09. The Labute approximate surface area is 138 Å². The number of carbonyl (C=O) groups excluding carboxylic acids is 1. The second kappa shape index (κ2) is 7.07. The van der Waals surface area contributed by atoms with E-state index in [1.54, 1.807) is 42.5 Å². The van der Waals surface area contributed by atoms with Crippen LogP contribution >= 0.6 is 15.9 Å². The van der Waals surface area contributed by atoms with Gasteiger partial charge in [0.1, 0.15) is 0 Å². The lowest BCUT2D eigenvalue weighted by Gasteiger charge is -2.07. The lowest BCUT2D eigenvalue weighted by molar-refractivity contribution is -0.115. The Balaban J connectivity index is 1.97. The molecule has 2 aromatic carbocycles. The molecule has 0 bridgehead atoms. The zero-order chi connectivity index (χ0) is 16.2. The zero-order valence-electron chi connectivity index (χ0n) is 12.0. The van der Waals surface area contributed by atoms with Crippen LogP contribution in [0.4, 0.5) is 5.69 Å². The molecule has 0 radical (unpaired) electrons. The summed E-state index contributed by atoms with van der Waals surface area (Å²) in [5.41, 5.74) is 1.62. The van der Waals surface area contributed by atoms with Crippen LogP contribution in [-0.2, 0) is 14.6 Å². The maximum absolute atomic E-state index is 12.2. The van der Waals surface area contributed by atoms with Crippen LogP contribution in [0.1, 0.15) is 12.0 Å². The number of carbonyl (C=O) groups is 1. The predicted octanol–water partition coefficient (Wildman–Crippen LogP) is 3.56. The van der Waals surface area contributed by atoms with Crippen molar-refractivity contribution in [1.29, 1.82) is 0 Å². The first-order valence-corrected chi connectivity index (χ1v) is 9.16. The number of sulfone groups is 1. The summed E-state index contributed by atoms with van der Waals surface area (Å²) >= 11 is 3.31. The molecule has 6 heteroatoms. The molecule has 0 atom stereocenters. The molecule has 4 nitrogen and oxygen atoms in total. The molecule has 0 aliphatic carbocycles. The highest BCUT2D eigenvalue weighted by Gasteiger charge is 2.16. The molecule has 1 N–H and O–H groups in total. The topological polar surface area (TPSA) is 63.2 Å². The molecule has 0 saturated heterocycles. The van der Waals surface area contributed by atoms with E-state index in [1.807, 2.05) is 13.0 Å². The monoisotopic (exact) mass is 381 g/mol. The van der Waals surface area contributed by atoms with Gasteiger partial charge >= 0.3 is 0 Å². The normalized spacial score (nSPS) is 11.2. The first-order valence-electron chi connectivity index (χ1n) is 6.72. The first-order chi connectivity index (χ1) is 10.4. The van der Waals surface area contributed by atoms with Gasteiger partial charge < -0.3 is 5.32 Å². The van der Waals surface area contributed by atoms with Gasteiger partial charge in [0, 0.05) is 16.6 Å². The van der Waals surface area contributed by atoms with Crippen LogP contribution in [0.15, 0.2) is 57.9 Å². The van der Waals surface area contributed by atoms with Gasteiger partial charge in [-0.25, -0.2) is 8.42 Å². The van der Waals surface area contributed by atoms with Crippen LogP contribution < -0.4 is 5.32 Å². The van der Waals surface area contributed by atoms with E-state index in [2.05, 4.69) is 21.2 Å². The predicted molar refractivity (Wildman–Crippen MR) is 90.6 cm³/mol. The summed E-state index contributed by atoms with van der Waals surface area (Å²) in [6.45, 7) is 1.89. The quantitative estimate of drug-likeness (QED) is 0.860. The second-order valence-electron chi connectivity index (χ2n) is 4.94. The molecule has 2 rings (SSSR count). The minimum absolute atomic E-state index is 0.0806. The average Bonchev–Trinajstić information content (AvgIpc) is 2.46. The van der Waals surface area contributed by atoms with Crippen molar-refractivity contribution in [1.82, 2.24) is 0 Å². The van der Waals surface area contributed by atoms with E-state index in [-0.39, 0.29) is 23.0 Å². The largest absolute Gasteiger partial charge is 0.326 e. The Kier molecular flexibility index (Phi) is 5.37. The van der Waals surface area contributed by atoms with Crippen molar-refractivity contribution in [3.05, 3.63) is 58.6 Å². The summed E-state index contributed by atoms with van der Waals surface area (Å²) in [5, 5.41) is 2.68. The molecule has 116 valence electrons. The van der Waals surface area contributed by atoms with Crippen molar-refractivity contribution >= 4 is 37.4 Å². The molecule has 1 amide bonds. The van der Waals surface area contributed by atoms with E-state index in [0.717, 1.165) is 10.0 Å². The number of aryl methyl sites for hydroxylation is 1. The van der Waals surface area contributed by atoms with Gasteiger partial charge in [0.05, 0.1) is 10.6 Å². The Bertz CT molecular complexity index is 770. The average molecular weight is 382 g/mol. The van der Waals surface area contributed by atoms with E-state index in [4.69, 9.17) is 0 Å². The minimum atomic E-state index is -3.44. The lowest BCUT2D eigenvalue weighted by atomic mass is 10.2. The van der Waals surface area contributed by atoms with Crippen molar-refractivity contribution in [3.63, 3.8) is 0 Å². The number of rotatable bonds is 5. The van der Waals surface area contributed by atoms with E-state index in [1.165, 1.54) is 0 Å². The van der Waals surface area contributed by atoms with Gasteiger partial charge in [0.15, 0.2) is 9.84 Å². The number of nitrogens with one attached hydrogen (secondary N) is 1. The summed E-state index contributed by atoms with van der Waals surface area (Å²) in [7, 11) is -3.44. The molecule has 0 aliphatic rings. The fourth-order valence-electron chi connectivity index (χ4n) is 1.88.